The number of nitrogens with zero attached hydrogens (tertiary/aromatic N) is 1. The second-order valence-electron chi connectivity index (χ2n) is 4.60. The molecule has 0 saturated heterocycles. The quantitative estimate of drug-likeness (QED) is 0.763. The van der Waals surface area contributed by atoms with Gasteiger partial charge in [0.05, 0.1) is 5.56 Å². The van der Waals surface area contributed by atoms with Gasteiger partial charge in [0.2, 0.25) is 0 Å². The van der Waals surface area contributed by atoms with Gasteiger partial charge in [-0.2, -0.15) is 0 Å². The third-order valence-electron chi connectivity index (χ3n) is 3.21. The van der Waals surface area contributed by atoms with E-state index in [0.717, 1.165) is 5.56 Å². The highest BCUT2D eigenvalue weighted by molar-refractivity contribution is 5.86. The van der Waals surface area contributed by atoms with Gasteiger partial charge >= 0.3 is 0 Å². The first-order valence-electron chi connectivity index (χ1n) is 6.24. The van der Waals surface area contributed by atoms with Crippen molar-refractivity contribution in [3.63, 3.8) is 0 Å². The summed E-state index contributed by atoms with van der Waals surface area (Å²) in [5.74, 6) is 0.497. The van der Waals surface area contributed by atoms with Crippen molar-refractivity contribution in [2.45, 2.75) is 6.92 Å². The highest BCUT2D eigenvalue weighted by Crippen LogP contribution is 2.36. The topological polar surface area (TPSA) is 52.0 Å². The van der Waals surface area contributed by atoms with Crippen LogP contribution in [0, 0.1) is 12.7 Å². The van der Waals surface area contributed by atoms with Crippen molar-refractivity contribution in [2.75, 3.05) is 5.73 Å². The Morgan fingerprint density at radius 1 is 1.05 bits per heavy atom. The molecule has 1 heterocycles. The largest absolute Gasteiger partial charge is 0.380 e. The van der Waals surface area contributed by atoms with Crippen LogP contribution in [0.3, 0.4) is 0 Å². The van der Waals surface area contributed by atoms with Crippen molar-refractivity contribution in [3.8, 4) is 22.5 Å². The van der Waals surface area contributed by atoms with Crippen molar-refractivity contribution in [1.29, 1.82) is 0 Å². The van der Waals surface area contributed by atoms with Crippen molar-refractivity contribution in [3.05, 3.63) is 59.9 Å². The molecule has 3 aromatic rings. The number of aromatic nitrogens is 1. The Labute approximate surface area is 115 Å². The molecule has 0 fully saturated rings. The van der Waals surface area contributed by atoms with Crippen LogP contribution < -0.4 is 5.73 Å². The van der Waals surface area contributed by atoms with Crippen molar-refractivity contribution in [1.82, 2.24) is 5.16 Å². The molecule has 0 aliphatic heterocycles. The number of halogens is 1. The van der Waals surface area contributed by atoms with Crippen LogP contribution in [-0.4, -0.2) is 5.16 Å². The number of benzene rings is 2. The number of anilines is 1. The highest BCUT2D eigenvalue weighted by atomic mass is 19.1. The molecule has 0 atom stereocenters. The third-order valence-corrected chi connectivity index (χ3v) is 3.21. The van der Waals surface area contributed by atoms with Gasteiger partial charge in [-0.25, -0.2) is 4.39 Å². The Kier molecular flexibility index (Phi) is 2.99. The lowest BCUT2D eigenvalue weighted by Gasteiger charge is -2.04. The maximum atomic E-state index is 13.7. The molecule has 20 heavy (non-hydrogen) atoms. The molecule has 2 N–H and O–H groups in total. The summed E-state index contributed by atoms with van der Waals surface area (Å²) < 4.78 is 19.0. The zero-order chi connectivity index (χ0) is 14.1. The van der Waals surface area contributed by atoms with Gasteiger partial charge in [0.1, 0.15) is 5.82 Å². The normalized spacial score (nSPS) is 10.7. The molecule has 0 aliphatic rings. The molecular formula is C16H13FN2O. The summed E-state index contributed by atoms with van der Waals surface area (Å²) in [7, 11) is 0. The lowest BCUT2D eigenvalue weighted by Crippen LogP contribution is -1.89. The van der Waals surface area contributed by atoms with Crippen LogP contribution in [0.5, 0.6) is 0 Å². The van der Waals surface area contributed by atoms with Gasteiger partial charge in [0.15, 0.2) is 11.6 Å². The van der Waals surface area contributed by atoms with Crippen LogP contribution in [0.1, 0.15) is 5.56 Å². The number of nitrogen functional groups attached to an aromatic ring is 1. The van der Waals surface area contributed by atoms with Crippen molar-refractivity contribution in [2.24, 2.45) is 0 Å². The standard InChI is InChI=1S/C16H13FN2O/c1-10-7-8-12(9-13(10)17)15-14(16(18)19-20-15)11-5-3-2-4-6-11/h2-9H,1H3,(H2,18,19). The van der Waals surface area contributed by atoms with E-state index in [1.54, 1.807) is 19.1 Å². The van der Waals surface area contributed by atoms with E-state index in [1.165, 1.54) is 6.07 Å². The van der Waals surface area contributed by atoms with Gasteiger partial charge in [-0.1, -0.05) is 47.6 Å². The summed E-state index contributed by atoms with van der Waals surface area (Å²) in [4.78, 5) is 0. The first kappa shape index (κ1) is 12.4. The van der Waals surface area contributed by atoms with E-state index in [-0.39, 0.29) is 5.82 Å². The van der Waals surface area contributed by atoms with Gasteiger partial charge in [-0.05, 0) is 24.1 Å². The number of rotatable bonds is 2. The molecule has 0 aliphatic carbocycles. The lowest BCUT2D eigenvalue weighted by molar-refractivity contribution is 0.436. The molecule has 3 nitrogen and oxygen atoms in total. The van der Waals surface area contributed by atoms with Gasteiger partial charge < -0.3 is 10.3 Å². The van der Waals surface area contributed by atoms with Crippen LogP contribution in [-0.2, 0) is 0 Å². The van der Waals surface area contributed by atoms with Gasteiger partial charge in [-0.3, -0.25) is 0 Å². The lowest BCUT2D eigenvalue weighted by atomic mass is 10.0. The molecule has 0 spiro atoms. The number of hydrogen-bond donors (Lipinski definition) is 1. The van der Waals surface area contributed by atoms with E-state index in [1.807, 2.05) is 30.3 Å². The SMILES string of the molecule is Cc1ccc(-c2onc(N)c2-c2ccccc2)cc1F. The summed E-state index contributed by atoms with van der Waals surface area (Å²) in [5.41, 5.74) is 8.67. The second kappa shape index (κ2) is 4.81. The smallest absolute Gasteiger partial charge is 0.177 e. The molecule has 0 amide bonds. The zero-order valence-corrected chi connectivity index (χ0v) is 10.9. The molecule has 3 rings (SSSR count). The number of nitrogens with two attached hydrogens (primary N) is 1. The van der Waals surface area contributed by atoms with Crippen LogP contribution in [0.25, 0.3) is 22.5 Å². The Morgan fingerprint density at radius 3 is 2.50 bits per heavy atom. The van der Waals surface area contributed by atoms with Crippen molar-refractivity contribution >= 4 is 5.82 Å². The first-order valence-corrected chi connectivity index (χ1v) is 6.24. The average Bonchev–Trinajstić information content (AvgIpc) is 2.85. The zero-order valence-electron chi connectivity index (χ0n) is 10.9. The van der Waals surface area contributed by atoms with Crippen LogP contribution in [0.2, 0.25) is 0 Å². The second-order valence-corrected chi connectivity index (χ2v) is 4.60. The molecule has 0 unspecified atom stereocenters. The molecule has 1 aromatic heterocycles. The predicted octanol–water partition coefficient (Wildman–Crippen LogP) is 4.04. The Morgan fingerprint density at radius 2 is 1.80 bits per heavy atom. The average molecular weight is 268 g/mol. The monoisotopic (exact) mass is 268 g/mol. The van der Waals surface area contributed by atoms with E-state index < -0.39 is 0 Å². The van der Waals surface area contributed by atoms with Crippen LogP contribution >= 0.6 is 0 Å². The first-order chi connectivity index (χ1) is 9.66. The summed E-state index contributed by atoms with van der Waals surface area (Å²) in [5, 5.41) is 3.80. The third kappa shape index (κ3) is 2.05. The molecule has 2 aromatic carbocycles. The summed E-state index contributed by atoms with van der Waals surface area (Å²) in [6.45, 7) is 1.71. The van der Waals surface area contributed by atoms with Gasteiger partial charge in [-0.15, -0.1) is 0 Å². The van der Waals surface area contributed by atoms with E-state index in [0.29, 0.717) is 28.3 Å². The fourth-order valence-electron chi connectivity index (χ4n) is 2.12. The molecule has 0 saturated carbocycles. The fourth-order valence-corrected chi connectivity index (χ4v) is 2.12. The molecule has 0 bridgehead atoms. The summed E-state index contributed by atoms with van der Waals surface area (Å²) >= 11 is 0. The minimum Gasteiger partial charge on any atom is -0.380 e. The molecular weight excluding hydrogens is 255 g/mol. The van der Waals surface area contributed by atoms with Gasteiger partial charge in [0.25, 0.3) is 0 Å². The summed E-state index contributed by atoms with van der Waals surface area (Å²) in [6, 6.07) is 14.5. The van der Waals surface area contributed by atoms with E-state index in [4.69, 9.17) is 10.3 Å². The predicted molar refractivity (Wildman–Crippen MR) is 76.5 cm³/mol. The van der Waals surface area contributed by atoms with E-state index >= 15 is 0 Å². The van der Waals surface area contributed by atoms with E-state index in [9.17, 15) is 4.39 Å². The Balaban J connectivity index is 2.18. The van der Waals surface area contributed by atoms with Gasteiger partial charge in [0, 0.05) is 5.56 Å². The maximum absolute atomic E-state index is 13.7. The highest BCUT2D eigenvalue weighted by Gasteiger charge is 2.18. The molecule has 4 heteroatoms. The number of hydrogen-bond acceptors (Lipinski definition) is 3. The van der Waals surface area contributed by atoms with E-state index in [2.05, 4.69) is 5.16 Å². The number of aryl methyl sites for hydroxylation is 1. The molecule has 100 valence electrons. The van der Waals surface area contributed by atoms with Crippen LogP contribution in [0.15, 0.2) is 53.1 Å². The minimum atomic E-state index is -0.281. The maximum Gasteiger partial charge on any atom is 0.177 e. The fraction of sp³-hybridized carbons (Fsp3) is 0.0625. The Bertz CT molecular complexity index is 750. The molecule has 0 radical (unpaired) electrons. The minimum absolute atomic E-state index is 0.281. The summed E-state index contributed by atoms with van der Waals surface area (Å²) in [6.07, 6.45) is 0. The van der Waals surface area contributed by atoms with Crippen LogP contribution in [0.4, 0.5) is 10.2 Å². The van der Waals surface area contributed by atoms with Crippen molar-refractivity contribution < 1.29 is 8.91 Å². The Hall–Kier alpha value is -2.62.